The summed E-state index contributed by atoms with van der Waals surface area (Å²) in [6, 6.07) is 0. The molecule has 2 heterocycles. The second kappa shape index (κ2) is 7.09. The largest absolute Gasteiger partial charge is 0.367 e. The molecular formula is C15H27N5O2. The van der Waals surface area contributed by atoms with E-state index in [1.54, 1.807) is 0 Å². The molecule has 0 saturated carbocycles. The molecule has 7 nitrogen and oxygen atoms in total. The van der Waals surface area contributed by atoms with E-state index < -0.39 is 12.0 Å². The highest BCUT2D eigenvalue weighted by molar-refractivity contribution is 5.79. The van der Waals surface area contributed by atoms with Crippen molar-refractivity contribution >= 4 is 11.9 Å². The Morgan fingerprint density at radius 3 is 2.73 bits per heavy atom. The zero-order valence-electron chi connectivity index (χ0n) is 14.0. The summed E-state index contributed by atoms with van der Waals surface area (Å²) < 4.78 is 7.60. The Bertz CT molecular complexity index is 514. The van der Waals surface area contributed by atoms with Gasteiger partial charge in [0.05, 0.1) is 13.2 Å². The monoisotopic (exact) mass is 309 g/mol. The summed E-state index contributed by atoms with van der Waals surface area (Å²) in [6.45, 7) is 11.1. The highest BCUT2D eigenvalue weighted by atomic mass is 16.5. The van der Waals surface area contributed by atoms with E-state index in [2.05, 4.69) is 47.4 Å². The molecule has 0 aromatic carbocycles. The smallest absolute Gasteiger partial charge is 0.248 e. The van der Waals surface area contributed by atoms with E-state index in [-0.39, 0.29) is 0 Å². The van der Waals surface area contributed by atoms with Gasteiger partial charge in [-0.2, -0.15) is 0 Å². The average Bonchev–Trinajstić information content (AvgIpc) is 2.89. The normalized spacial score (nSPS) is 20.4. The van der Waals surface area contributed by atoms with Gasteiger partial charge in [0.1, 0.15) is 5.82 Å². The molecule has 124 valence electrons. The van der Waals surface area contributed by atoms with Crippen LogP contribution in [0.5, 0.6) is 0 Å². The molecule has 1 aromatic heterocycles. The topological polar surface area (TPSA) is 86.3 Å². The first-order chi connectivity index (χ1) is 10.4. The van der Waals surface area contributed by atoms with Gasteiger partial charge < -0.3 is 15.4 Å². The molecular weight excluding hydrogens is 282 g/mol. The highest BCUT2D eigenvalue weighted by Gasteiger charge is 2.29. The Balaban J connectivity index is 2.29. The maximum atomic E-state index is 11.4. The van der Waals surface area contributed by atoms with Crippen molar-refractivity contribution in [2.45, 2.75) is 52.7 Å². The molecule has 1 aliphatic rings. The first-order valence-electron chi connectivity index (χ1n) is 8.03. The van der Waals surface area contributed by atoms with E-state index in [0.717, 1.165) is 24.7 Å². The summed E-state index contributed by atoms with van der Waals surface area (Å²) in [5.74, 6) is 2.24. The van der Waals surface area contributed by atoms with Gasteiger partial charge in [-0.1, -0.05) is 27.7 Å². The van der Waals surface area contributed by atoms with Crippen molar-refractivity contribution in [1.82, 2.24) is 14.8 Å². The second-order valence-corrected chi connectivity index (χ2v) is 6.38. The van der Waals surface area contributed by atoms with E-state index in [0.29, 0.717) is 31.5 Å². The molecule has 1 fully saturated rings. The first-order valence-corrected chi connectivity index (χ1v) is 8.03. The predicted molar refractivity (Wildman–Crippen MR) is 84.7 cm³/mol. The molecule has 2 N–H and O–H groups in total. The lowest BCUT2D eigenvalue weighted by molar-refractivity contribution is -0.130. The van der Waals surface area contributed by atoms with Gasteiger partial charge in [-0.25, -0.2) is 0 Å². The summed E-state index contributed by atoms with van der Waals surface area (Å²) in [7, 11) is 0. The van der Waals surface area contributed by atoms with Crippen molar-refractivity contribution in [2.75, 3.05) is 24.6 Å². The van der Waals surface area contributed by atoms with Crippen molar-refractivity contribution in [1.29, 1.82) is 0 Å². The van der Waals surface area contributed by atoms with Gasteiger partial charge in [0.15, 0.2) is 6.10 Å². The van der Waals surface area contributed by atoms with E-state index in [1.807, 2.05) is 0 Å². The Morgan fingerprint density at radius 2 is 2.14 bits per heavy atom. The molecule has 1 aliphatic heterocycles. The fraction of sp³-hybridized carbons (Fsp3) is 0.800. The van der Waals surface area contributed by atoms with Gasteiger partial charge in [-0.15, -0.1) is 10.2 Å². The second-order valence-electron chi connectivity index (χ2n) is 6.38. The van der Waals surface area contributed by atoms with Crippen LogP contribution in [0.4, 0.5) is 5.95 Å². The van der Waals surface area contributed by atoms with Crippen LogP contribution in [0.1, 0.15) is 45.9 Å². The number of ether oxygens (including phenoxy) is 1. The van der Waals surface area contributed by atoms with Crippen LogP contribution in [0.3, 0.4) is 0 Å². The standard InChI is InChI=1S/C15H27N5O2/c1-5-11(4)14-17-18-15(20(14)8-10(2)3)19-6-7-22-12(9-19)13(16)21/h10-12H,5-9H2,1-4H3,(H2,16,21). The van der Waals surface area contributed by atoms with Crippen LogP contribution in [0.15, 0.2) is 0 Å². The van der Waals surface area contributed by atoms with Crippen molar-refractivity contribution in [3.8, 4) is 0 Å². The van der Waals surface area contributed by atoms with Gasteiger partial charge in [-0.3, -0.25) is 9.36 Å². The van der Waals surface area contributed by atoms with Crippen LogP contribution >= 0.6 is 0 Å². The van der Waals surface area contributed by atoms with Crippen molar-refractivity contribution < 1.29 is 9.53 Å². The zero-order chi connectivity index (χ0) is 16.3. The van der Waals surface area contributed by atoms with Crippen LogP contribution in [-0.4, -0.2) is 46.5 Å². The predicted octanol–water partition coefficient (Wildman–Crippen LogP) is 1.14. The number of hydrogen-bond donors (Lipinski definition) is 1. The van der Waals surface area contributed by atoms with Crippen LogP contribution < -0.4 is 10.6 Å². The number of amides is 1. The highest BCUT2D eigenvalue weighted by Crippen LogP contribution is 2.24. The number of anilines is 1. The molecule has 0 radical (unpaired) electrons. The number of hydrogen-bond acceptors (Lipinski definition) is 5. The molecule has 2 unspecified atom stereocenters. The molecule has 1 aromatic rings. The third-order valence-corrected chi connectivity index (χ3v) is 4.03. The molecule has 2 atom stereocenters. The third-order valence-electron chi connectivity index (χ3n) is 4.03. The van der Waals surface area contributed by atoms with Gasteiger partial charge in [0.25, 0.3) is 0 Å². The van der Waals surface area contributed by atoms with E-state index in [9.17, 15) is 4.79 Å². The molecule has 0 spiro atoms. The summed E-state index contributed by atoms with van der Waals surface area (Å²) in [4.78, 5) is 13.4. The maximum Gasteiger partial charge on any atom is 0.248 e. The molecule has 2 rings (SSSR count). The SMILES string of the molecule is CCC(C)c1nnc(N2CCOC(C(N)=O)C2)n1CC(C)C. The number of carbonyl (C=O) groups excluding carboxylic acids is 1. The lowest BCUT2D eigenvalue weighted by Gasteiger charge is -2.32. The number of nitrogens with two attached hydrogens (primary N) is 1. The van der Waals surface area contributed by atoms with Crippen molar-refractivity contribution in [3.63, 3.8) is 0 Å². The van der Waals surface area contributed by atoms with Crippen LogP contribution in [-0.2, 0) is 16.1 Å². The summed E-state index contributed by atoms with van der Waals surface area (Å²) in [5.41, 5.74) is 5.37. The summed E-state index contributed by atoms with van der Waals surface area (Å²) in [6.07, 6.45) is 0.438. The number of aromatic nitrogens is 3. The number of morpholine rings is 1. The van der Waals surface area contributed by atoms with Crippen molar-refractivity contribution in [3.05, 3.63) is 5.82 Å². The minimum atomic E-state index is -0.579. The molecule has 0 bridgehead atoms. The van der Waals surface area contributed by atoms with E-state index in [1.165, 1.54) is 0 Å². The Morgan fingerprint density at radius 1 is 1.41 bits per heavy atom. The average molecular weight is 309 g/mol. The van der Waals surface area contributed by atoms with Gasteiger partial charge in [0.2, 0.25) is 11.9 Å². The van der Waals surface area contributed by atoms with Gasteiger partial charge in [0, 0.05) is 19.0 Å². The molecule has 7 heteroatoms. The Kier molecular flexibility index (Phi) is 5.39. The van der Waals surface area contributed by atoms with Gasteiger partial charge >= 0.3 is 0 Å². The minimum Gasteiger partial charge on any atom is -0.367 e. The molecule has 0 aliphatic carbocycles. The first kappa shape index (κ1) is 16.7. The fourth-order valence-corrected chi connectivity index (χ4v) is 2.63. The molecule has 1 amide bonds. The fourth-order valence-electron chi connectivity index (χ4n) is 2.63. The molecule has 22 heavy (non-hydrogen) atoms. The number of nitrogens with zero attached hydrogens (tertiary/aromatic N) is 4. The summed E-state index contributed by atoms with van der Waals surface area (Å²) >= 11 is 0. The summed E-state index contributed by atoms with van der Waals surface area (Å²) in [5, 5.41) is 8.79. The lowest BCUT2D eigenvalue weighted by atomic mass is 10.1. The Hall–Kier alpha value is -1.63. The molecule has 1 saturated heterocycles. The zero-order valence-corrected chi connectivity index (χ0v) is 14.0. The quantitative estimate of drug-likeness (QED) is 0.851. The third kappa shape index (κ3) is 3.58. The number of primary amides is 1. The van der Waals surface area contributed by atoms with Crippen LogP contribution in [0, 0.1) is 5.92 Å². The lowest BCUT2D eigenvalue weighted by Crippen LogP contribution is -2.49. The van der Waals surface area contributed by atoms with Crippen LogP contribution in [0.2, 0.25) is 0 Å². The number of rotatable bonds is 6. The maximum absolute atomic E-state index is 11.4. The Labute approximate surface area is 131 Å². The van der Waals surface area contributed by atoms with Crippen LogP contribution in [0.25, 0.3) is 0 Å². The van der Waals surface area contributed by atoms with Gasteiger partial charge in [-0.05, 0) is 12.3 Å². The van der Waals surface area contributed by atoms with E-state index in [4.69, 9.17) is 10.5 Å². The van der Waals surface area contributed by atoms with Crippen molar-refractivity contribution in [2.24, 2.45) is 11.7 Å². The number of carbonyl (C=O) groups is 1. The van der Waals surface area contributed by atoms with E-state index >= 15 is 0 Å². The minimum absolute atomic E-state index is 0.355.